The fraction of sp³-hybridized carbons (Fsp3) is 0.368. The molecule has 1 fully saturated rings. The quantitative estimate of drug-likeness (QED) is 0.747. The maximum atomic E-state index is 6.04. The van der Waals surface area contributed by atoms with Gasteiger partial charge in [-0.05, 0) is 49.3 Å². The zero-order chi connectivity index (χ0) is 18.4. The average molecular weight is 392 g/mol. The predicted octanol–water partition coefficient (Wildman–Crippen LogP) is 4.12. The first kappa shape index (κ1) is 18.9. The lowest BCUT2D eigenvalue weighted by Gasteiger charge is -2.28. The van der Waals surface area contributed by atoms with Crippen LogP contribution in [0.3, 0.4) is 0 Å². The Morgan fingerprint density at radius 1 is 1.42 bits per heavy atom. The van der Waals surface area contributed by atoms with E-state index < -0.39 is 0 Å². The predicted molar refractivity (Wildman–Crippen MR) is 108 cm³/mol. The molecule has 1 N–H and O–H groups in total. The van der Waals surface area contributed by atoms with Gasteiger partial charge in [0.15, 0.2) is 5.11 Å². The molecule has 1 atom stereocenters. The number of aromatic nitrogens is 1. The molecule has 1 aromatic carbocycles. The van der Waals surface area contributed by atoms with Crippen molar-refractivity contribution in [3.63, 3.8) is 0 Å². The van der Waals surface area contributed by atoms with Gasteiger partial charge in [0.2, 0.25) is 0 Å². The van der Waals surface area contributed by atoms with Crippen LogP contribution in [0.5, 0.6) is 5.75 Å². The zero-order valence-electron chi connectivity index (χ0n) is 14.7. The summed E-state index contributed by atoms with van der Waals surface area (Å²) in [6.07, 6.45) is 4.11. The van der Waals surface area contributed by atoms with Crippen LogP contribution in [0.25, 0.3) is 0 Å². The first-order chi connectivity index (χ1) is 12.7. The largest absolute Gasteiger partial charge is 0.495 e. The van der Waals surface area contributed by atoms with Crippen molar-refractivity contribution in [1.29, 1.82) is 0 Å². The first-order valence-electron chi connectivity index (χ1n) is 8.56. The highest BCUT2D eigenvalue weighted by Crippen LogP contribution is 2.28. The highest BCUT2D eigenvalue weighted by atomic mass is 35.5. The van der Waals surface area contributed by atoms with E-state index in [4.69, 9.17) is 33.3 Å². The van der Waals surface area contributed by atoms with Gasteiger partial charge in [-0.25, -0.2) is 0 Å². The summed E-state index contributed by atoms with van der Waals surface area (Å²) in [6.45, 7) is 2.15. The molecule has 0 bridgehead atoms. The smallest absolute Gasteiger partial charge is 0.173 e. The highest BCUT2D eigenvalue weighted by Gasteiger charge is 2.22. The topological polar surface area (TPSA) is 46.6 Å². The summed E-state index contributed by atoms with van der Waals surface area (Å²) in [7, 11) is 1.61. The molecule has 1 saturated heterocycles. The van der Waals surface area contributed by atoms with E-state index in [0.717, 1.165) is 37.4 Å². The van der Waals surface area contributed by atoms with Crippen LogP contribution in [0.15, 0.2) is 42.6 Å². The molecule has 26 heavy (non-hydrogen) atoms. The molecule has 2 aromatic rings. The number of hydrogen-bond donors (Lipinski definition) is 1. The Morgan fingerprint density at radius 3 is 3.00 bits per heavy atom. The van der Waals surface area contributed by atoms with Gasteiger partial charge in [-0.1, -0.05) is 17.7 Å². The number of nitrogens with zero attached hydrogens (tertiary/aromatic N) is 2. The molecule has 138 valence electrons. The third-order valence-electron chi connectivity index (χ3n) is 4.22. The maximum Gasteiger partial charge on any atom is 0.173 e. The van der Waals surface area contributed by atoms with Crippen molar-refractivity contribution in [3.05, 3.63) is 53.3 Å². The highest BCUT2D eigenvalue weighted by molar-refractivity contribution is 7.80. The Labute approximate surface area is 164 Å². The van der Waals surface area contributed by atoms with E-state index in [1.165, 1.54) is 0 Å². The molecule has 7 heteroatoms. The van der Waals surface area contributed by atoms with E-state index in [1.54, 1.807) is 25.4 Å². The number of benzene rings is 1. The van der Waals surface area contributed by atoms with Crippen LogP contribution >= 0.6 is 23.8 Å². The summed E-state index contributed by atoms with van der Waals surface area (Å²) in [5, 5.41) is 4.49. The summed E-state index contributed by atoms with van der Waals surface area (Å²) in [5.74, 6) is 0.648. The first-order valence-corrected chi connectivity index (χ1v) is 9.35. The molecule has 0 radical (unpaired) electrons. The molecule has 0 unspecified atom stereocenters. The number of rotatable bonds is 6. The van der Waals surface area contributed by atoms with Crippen LogP contribution < -0.4 is 10.1 Å². The SMILES string of the molecule is COc1cc(Cl)ccc1NC(=S)N(Cc1ccccn1)C[C@@H]1CCCO1. The molecular formula is C19H22ClN3O2S. The minimum absolute atomic E-state index is 0.186. The van der Waals surface area contributed by atoms with Gasteiger partial charge in [0.1, 0.15) is 5.75 Å². The fourth-order valence-corrected chi connectivity index (χ4v) is 3.31. The summed E-state index contributed by atoms with van der Waals surface area (Å²) in [4.78, 5) is 6.50. The lowest BCUT2D eigenvalue weighted by Crippen LogP contribution is -2.39. The lowest BCUT2D eigenvalue weighted by atomic mass is 10.2. The van der Waals surface area contributed by atoms with Gasteiger partial charge in [-0.15, -0.1) is 0 Å². The van der Waals surface area contributed by atoms with Crippen molar-refractivity contribution in [2.45, 2.75) is 25.5 Å². The van der Waals surface area contributed by atoms with Gasteiger partial charge in [0.25, 0.3) is 0 Å². The van der Waals surface area contributed by atoms with Gasteiger partial charge < -0.3 is 19.7 Å². The maximum absolute atomic E-state index is 6.04. The van der Waals surface area contributed by atoms with E-state index >= 15 is 0 Å². The second kappa shape index (κ2) is 9.16. The van der Waals surface area contributed by atoms with Gasteiger partial charge >= 0.3 is 0 Å². The van der Waals surface area contributed by atoms with Crippen molar-refractivity contribution in [3.8, 4) is 5.75 Å². The molecule has 0 saturated carbocycles. The summed E-state index contributed by atoms with van der Waals surface area (Å²) >= 11 is 11.7. The number of ether oxygens (including phenoxy) is 2. The van der Waals surface area contributed by atoms with Gasteiger partial charge in [-0.3, -0.25) is 4.98 Å². The van der Waals surface area contributed by atoms with Crippen molar-refractivity contribution >= 4 is 34.6 Å². The minimum atomic E-state index is 0.186. The van der Waals surface area contributed by atoms with Crippen LogP contribution in [-0.4, -0.2) is 41.4 Å². The second-order valence-electron chi connectivity index (χ2n) is 6.11. The van der Waals surface area contributed by atoms with Gasteiger partial charge in [0.05, 0.1) is 31.1 Å². The Bertz CT molecular complexity index is 739. The van der Waals surface area contributed by atoms with Crippen LogP contribution in [0.4, 0.5) is 5.69 Å². The number of pyridine rings is 1. The number of anilines is 1. The van der Waals surface area contributed by atoms with Crippen LogP contribution in [-0.2, 0) is 11.3 Å². The van der Waals surface area contributed by atoms with E-state index in [1.807, 2.05) is 24.3 Å². The van der Waals surface area contributed by atoms with E-state index in [9.17, 15) is 0 Å². The zero-order valence-corrected chi connectivity index (χ0v) is 16.2. The molecular weight excluding hydrogens is 370 g/mol. The number of halogens is 1. The Balaban J connectivity index is 1.75. The molecule has 2 heterocycles. The Kier molecular flexibility index (Phi) is 6.66. The summed E-state index contributed by atoms with van der Waals surface area (Å²) < 4.78 is 11.2. The molecule has 0 spiro atoms. The summed E-state index contributed by atoms with van der Waals surface area (Å²) in [6, 6.07) is 11.3. The van der Waals surface area contributed by atoms with Gasteiger partial charge in [-0.2, -0.15) is 0 Å². The fourth-order valence-electron chi connectivity index (χ4n) is 2.90. The van der Waals surface area contributed by atoms with Crippen molar-refractivity contribution < 1.29 is 9.47 Å². The van der Waals surface area contributed by atoms with Crippen molar-refractivity contribution in [2.75, 3.05) is 25.6 Å². The van der Waals surface area contributed by atoms with Gasteiger partial charge in [0, 0.05) is 30.4 Å². The normalized spacial score (nSPS) is 16.3. The van der Waals surface area contributed by atoms with E-state index in [-0.39, 0.29) is 6.10 Å². The monoisotopic (exact) mass is 391 g/mol. The number of nitrogens with one attached hydrogen (secondary N) is 1. The molecule has 0 aliphatic carbocycles. The lowest BCUT2D eigenvalue weighted by molar-refractivity contribution is 0.0903. The molecule has 1 aliphatic heterocycles. The molecule has 3 rings (SSSR count). The molecule has 0 amide bonds. The number of thiocarbonyl (C=S) groups is 1. The van der Waals surface area contributed by atoms with Crippen LogP contribution in [0.2, 0.25) is 5.02 Å². The summed E-state index contributed by atoms with van der Waals surface area (Å²) in [5.41, 5.74) is 1.73. The number of hydrogen-bond acceptors (Lipinski definition) is 4. The van der Waals surface area contributed by atoms with E-state index in [0.29, 0.717) is 22.4 Å². The standard InChI is InChI=1S/C19H22ClN3O2S/c1-24-18-11-14(20)7-8-17(18)22-19(26)23(13-16-6-4-10-25-16)12-15-5-2-3-9-21-15/h2-3,5,7-9,11,16H,4,6,10,12-13H2,1H3,(H,22,26)/t16-/m0/s1. The Morgan fingerprint density at radius 2 is 2.31 bits per heavy atom. The van der Waals surface area contributed by atoms with Crippen molar-refractivity contribution in [1.82, 2.24) is 9.88 Å². The number of methoxy groups -OCH3 is 1. The molecule has 1 aromatic heterocycles. The molecule has 1 aliphatic rings. The third kappa shape index (κ3) is 5.06. The third-order valence-corrected chi connectivity index (χ3v) is 4.81. The average Bonchev–Trinajstić information content (AvgIpc) is 3.16. The minimum Gasteiger partial charge on any atom is -0.495 e. The second-order valence-corrected chi connectivity index (χ2v) is 6.93. The Hall–Kier alpha value is -1.89. The van der Waals surface area contributed by atoms with Crippen LogP contribution in [0, 0.1) is 0 Å². The molecule has 5 nitrogen and oxygen atoms in total. The van der Waals surface area contributed by atoms with Crippen molar-refractivity contribution in [2.24, 2.45) is 0 Å². The van der Waals surface area contributed by atoms with Crippen LogP contribution in [0.1, 0.15) is 18.5 Å². The van der Waals surface area contributed by atoms with E-state index in [2.05, 4.69) is 15.2 Å².